The Balaban J connectivity index is 0.00000420. The number of halogens is 4. The number of hydrogen-bond acceptors (Lipinski definition) is 4. The molecule has 0 unspecified atom stereocenters. The van der Waals surface area contributed by atoms with Gasteiger partial charge in [0.25, 0.3) is 0 Å². The average molecular weight is 542 g/mol. The lowest BCUT2D eigenvalue weighted by Gasteiger charge is -2.12. The molecule has 0 saturated heterocycles. The van der Waals surface area contributed by atoms with Crippen molar-refractivity contribution in [3.8, 4) is 0 Å². The molecule has 1 aromatic carbocycles. The van der Waals surface area contributed by atoms with Gasteiger partial charge in [0.05, 0.1) is 18.2 Å². The summed E-state index contributed by atoms with van der Waals surface area (Å²) in [6, 6.07) is 7.95. The van der Waals surface area contributed by atoms with Gasteiger partial charge in [0.1, 0.15) is 0 Å². The molecule has 1 aromatic heterocycles. The molecule has 1 heterocycles. The fraction of sp³-hybridized carbons (Fsp3) is 0.474. The zero-order valence-electron chi connectivity index (χ0n) is 16.4. The SMILES string of the molecule is CCNC(=NCc1ccccc1COCC)NCCc1nc(C(F)(F)F)cs1.I. The number of hydrogen-bond donors (Lipinski definition) is 2. The average Bonchev–Trinajstić information content (AvgIpc) is 3.14. The Morgan fingerprint density at radius 2 is 1.90 bits per heavy atom. The summed E-state index contributed by atoms with van der Waals surface area (Å²) in [7, 11) is 0. The van der Waals surface area contributed by atoms with Crippen molar-refractivity contribution in [3.05, 3.63) is 51.5 Å². The van der Waals surface area contributed by atoms with Gasteiger partial charge in [-0.1, -0.05) is 24.3 Å². The molecule has 0 aliphatic carbocycles. The monoisotopic (exact) mass is 542 g/mol. The maximum atomic E-state index is 12.6. The van der Waals surface area contributed by atoms with Crippen LogP contribution in [-0.4, -0.2) is 30.6 Å². The van der Waals surface area contributed by atoms with Crippen LogP contribution in [0.3, 0.4) is 0 Å². The topological polar surface area (TPSA) is 58.5 Å². The molecular formula is C19H26F3IN4OS. The lowest BCUT2D eigenvalue weighted by molar-refractivity contribution is -0.140. The van der Waals surface area contributed by atoms with Crippen LogP contribution >= 0.6 is 35.3 Å². The largest absolute Gasteiger partial charge is 0.434 e. The van der Waals surface area contributed by atoms with E-state index in [0.717, 1.165) is 27.8 Å². The summed E-state index contributed by atoms with van der Waals surface area (Å²) < 4.78 is 43.3. The van der Waals surface area contributed by atoms with E-state index >= 15 is 0 Å². The molecule has 0 bridgehead atoms. The fourth-order valence-corrected chi connectivity index (χ4v) is 3.22. The molecule has 0 radical (unpaired) electrons. The summed E-state index contributed by atoms with van der Waals surface area (Å²) in [6.45, 7) is 6.70. The first kappa shape index (κ1) is 25.6. The molecule has 2 rings (SSSR count). The van der Waals surface area contributed by atoms with Crippen LogP contribution < -0.4 is 10.6 Å². The molecular weight excluding hydrogens is 516 g/mol. The van der Waals surface area contributed by atoms with Crippen molar-refractivity contribution >= 4 is 41.3 Å². The number of nitrogens with zero attached hydrogens (tertiary/aromatic N) is 2. The Labute approximate surface area is 190 Å². The lowest BCUT2D eigenvalue weighted by Crippen LogP contribution is -2.38. The summed E-state index contributed by atoms with van der Waals surface area (Å²) in [5.74, 6) is 0.612. The van der Waals surface area contributed by atoms with Gasteiger partial charge in [0.2, 0.25) is 0 Å². The van der Waals surface area contributed by atoms with Gasteiger partial charge in [-0.2, -0.15) is 13.2 Å². The molecule has 0 saturated carbocycles. The van der Waals surface area contributed by atoms with Crippen molar-refractivity contribution in [2.45, 2.75) is 39.6 Å². The van der Waals surface area contributed by atoms with Crippen LogP contribution in [0.15, 0.2) is 34.6 Å². The summed E-state index contributed by atoms with van der Waals surface area (Å²) in [5.41, 5.74) is 1.33. The van der Waals surface area contributed by atoms with Crippen LogP contribution in [0, 0.1) is 0 Å². The second-order valence-corrected chi connectivity index (χ2v) is 6.84. The third-order valence-corrected chi connectivity index (χ3v) is 4.71. The minimum absolute atomic E-state index is 0. The van der Waals surface area contributed by atoms with E-state index < -0.39 is 11.9 Å². The molecule has 0 spiro atoms. The molecule has 29 heavy (non-hydrogen) atoms. The molecule has 2 aromatic rings. The van der Waals surface area contributed by atoms with E-state index in [4.69, 9.17) is 4.74 Å². The maximum absolute atomic E-state index is 12.6. The number of aromatic nitrogens is 1. The highest BCUT2D eigenvalue weighted by atomic mass is 127. The zero-order valence-corrected chi connectivity index (χ0v) is 19.5. The van der Waals surface area contributed by atoms with Crippen LogP contribution in [0.4, 0.5) is 13.2 Å². The number of aliphatic imine (C=N–C) groups is 1. The lowest BCUT2D eigenvalue weighted by atomic mass is 10.1. The predicted octanol–water partition coefficient (Wildman–Crippen LogP) is 4.61. The van der Waals surface area contributed by atoms with E-state index in [-0.39, 0.29) is 24.0 Å². The molecule has 2 N–H and O–H groups in total. The summed E-state index contributed by atoms with van der Waals surface area (Å²) in [4.78, 5) is 8.21. The Hall–Kier alpha value is -1.40. The number of benzene rings is 1. The van der Waals surface area contributed by atoms with Gasteiger partial charge in [-0.25, -0.2) is 9.98 Å². The fourth-order valence-electron chi connectivity index (χ4n) is 2.41. The summed E-state index contributed by atoms with van der Waals surface area (Å²) >= 11 is 1.02. The van der Waals surface area contributed by atoms with Crippen LogP contribution in [0.25, 0.3) is 0 Å². The highest BCUT2D eigenvalue weighted by Crippen LogP contribution is 2.29. The first-order valence-electron chi connectivity index (χ1n) is 9.12. The molecule has 0 atom stereocenters. The van der Waals surface area contributed by atoms with Crippen molar-refractivity contribution in [2.75, 3.05) is 19.7 Å². The van der Waals surface area contributed by atoms with Crippen LogP contribution in [0.2, 0.25) is 0 Å². The number of alkyl halides is 3. The van der Waals surface area contributed by atoms with Crippen LogP contribution in [-0.2, 0) is 30.5 Å². The van der Waals surface area contributed by atoms with E-state index in [1.165, 1.54) is 0 Å². The second-order valence-electron chi connectivity index (χ2n) is 5.90. The highest BCUT2D eigenvalue weighted by Gasteiger charge is 2.33. The zero-order chi connectivity index (χ0) is 20.4. The van der Waals surface area contributed by atoms with E-state index in [9.17, 15) is 13.2 Å². The number of thiazole rings is 1. The smallest absolute Gasteiger partial charge is 0.377 e. The van der Waals surface area contributed by atoms with Gasteiger partial charge in [-0.15, -0.1) is 35.3 Å². The minimum atomic E-state index is -4.40. The van der Waals surface area contributed by atoms with Crippen molar-refractivity contribution in [2.24, 2.45) is 4.99 Å². The molecule has 162 valence electrons. The Kier molecular flexibility index (Phi) is 11.5. The van der Waals surface area contributed by atoms with Gasteiger partial charge < -0.3 is 15.4 Å². The van der Waals surface area contributed by atoms with Crippen LogP contribution in [0.5, 0.6) is 0 Å². The van der Waals surface area contributed by atoms with Gasteiger partial charge in [-0.05, 0) is 25.0 Å². The van der Waals surface area contributed by atoms with Gasteiger partial charge in [-0.3, -0.25) is 0 Å². The predicted molar refractivity (Wildman–Crippen MR) is 121 cm³/mol. The van der Waals surface area contributed by atoms with Crippen molar-refractivity contribution in [3.63, 3.8) is 0 Å². The maximum Gasteiger partial charge on any atom is 0.434 e. The third kappa shape index (κ3) is 8.87. The van der Waals surface area contributed by atoms with Gasteiger partial charge >= 0.3 is 6.18 Å². The molecule has 0 aliphatic rings. The number of guanidine groups is 1. The van der Waals surface area contributed by atoms with Crippen molar-refractivity contribution in [1.82, 2.24) is 15.6 Å². The highest BCUT2D eigenvalue weighted by molar-refractivity contribution is 14.0. The Morgan fingerprint density at radius 1 is 1.17 bits per heavy atom. The first-order valence-corrected chi connectivity index (χ1v) is 10.00. The normalized spacial score (nSPS) is 11.8. The van der Waals surface area contributed by atoms with E-state index in [0.29, 0.717) is 50.2 Å². The Morgan fingerprint density at radius 3 is 2.52 bits per heavy atom. The molecule has 0 fully saturated rings. The molecule has 5 nitrogen and oxygen atoms in total. The summed E-state index contributed by atoms with van der Waals surface area (Å²) in [6.07, 6.45) is -4.00. The van der Waals surface area contributed by atoms with E-state index in [2.05, 4.69) is 20.6 Å². The minimum Gasteiger partial charge on any atom is -0.377 e. The molecule has 0 aliphatic heterocycles. The standard InChI is InChI=1S/C19H25F3N4OS.HI/c1-3-23-18(24-10-9-17-26-16(13-28-17)19(20,21)22)25-11-14-7-5-6-8-15(14)12-27-4-2;/h5-8,13H,3-4,9-12H2,1-2H3,(H2,23,24,25);1H. The Bertz CT molecular complexity index is 768. The second kappa shape index (κ2) is 13.0. The van der Waals surface area contributed by atoms with E-state index in [1.807, 2.05) is 38.1 Å². The van der Waals surface area contributed by atoms with Crippen molar-refractivity contribution in [1.29, 1.82) is 0 Å². The molecule has 0 amide bonds. The van der Waals surface area contributed by atoms with Crippen molar-refractivity contribution < 1.29 is 17.9 Å². The van der Waals surface area contributed by atoms with Crippen LogP contribution in [0.1, 0.15) is 35.7 Å². The quantitative estimate of drug-likeness (QED) is 0.276. The number of rotatable bonds is 9. The number of nitrogens with one attached hydrogen (secondary N) is 2. The van der Waals surface area contributed by atoms with Gasteiger partial charge in [0, 0.05) is 31.5 Å². The molecule has 10 heteroatoms. The third-order valence-electron chi connectivity index (χ3n) is 3.81. The number of ether oxygens (including phenoxy) is 1. The van der Waals surface area contributed by atoms with Gasteiger partial charge in [0.15, 0.2) is 11.7 Å². The summed E-state index contributed by atoms with van der Waals surface area (Å²) in [5, 5.41) is 7.77. The first-order chi connectivity index (χ1) is 13.4. The van der Waals surface area contributed by atoms with E-state index in [1.54, 1.807) is 0 Å².